The van der Waals surface area contributed by atoms with E-state index < -0.39 is 32.0 Å². The number of rotatable bonds is 12. The van der Waals surface area contributed by atoms with Crippen LogP contribution in [0.15, 0.2) is 82.6 Å². The van der Waals surface area contributed by atoms with Gasteiger partial charge < -0.3 is 20.4 Å². The molecule has 0 aliphatic rings. The summed E-state index contributed by atoms with van der Waals surface area (Å²) in [5, 5.41) is 38.5. The van der Waals surface area contributed by atoms with Crippen molar-refractivity contribution in [2.45, 2.75) is 9.79 Å². The van der Waals surface area contributed by atoms with E-state index in [2.05, 4.69) is 19.4 Å². The Morgan fingerprint density at radius 3 is 1.24 bits per heavy atom. The molecule has 0 saturated heterocycles. The van der Waals surface area contributed by atoms with Gasteiger partial charge in [-0.15, -0.1) is 0 Å². The van der Waals surface area contributed by atoms with Gasteiger partial charge in [0, 0.05) is 23.9 Å². The van der Waals surface area contributed by atoms with Gasteiger partial charge in [-0.05, 0) is 58.7 Å². The molecule has 2 aromatic heterocycles. The van der Waals surface area contributed by atoms with E-state index in [1.165, 1.54) is 60.7 Å². The molecule has 0 unspecified atom stereocenters. The molecule has 3 aromatic carbocycles. The van der Waals surface area contributed by atoms with E-state index >= 15 is 0 Å². The van der Waals surface area contributed by atoms with Crippen LogP contribution in [0.5, 0.6) is 0 Å². The van der Waals surface area contributed by atoms with Crippen molar-refractivity contribution >= 4 is 53.8 Å². The highest BCUT2D eigenvalue weighted by atomic mass is 32.2. The fraction of sp³-hybridized carbons (Fsp3) is 0.133. The van der Waals surface area contributed by atoms with Crippen LogP contribution in [0.3, 0.4) is 0 Å². The molecule has 0 radical (unpaired) electrons. The quantitative estimate of drug-likeness (QED) is 0.105. The molecule has 6 N–H and O–H groups in total. The molecular weight excluding hydrogens is 640 g/mol. The van der Waals surface area contributed by atoms with Crippen molar-refractivity contribution in [3.8, 4) is 22.3 Å². The van der Waals surface area contributed by atoms with Gasteiger partial charge in [-0.2, -0.15) is 0 Å². The Labute approximate surface area is 262 Å². The predicted octanol–water partition coefficient (Wildman–Crippen LogP) is 2.05. The number of nitrogens with one attached hydrogen (secondary N) is 2. The van der Waals surface area contributed by atoms with Crippen LogP contribution in [0.1, 0.15) is 21.0 Å². The van der Waals surface area contributed by atoms with Gasteiger partial charge in [0.1, 0.15) is 11.4 Å². The van der Waals surface area contributed by atoms with E-state index in [1.54, 1.807) is 12.1 Å². The molecule has 238 valence electrons. The summed E-state index contributed by atoms with van der Waals surface area (Å²) in [5.74, 6) is -2.73. The second-order valence-electron chi connectivity index (χ2n) is 9.87. The van der Waals surface area contributed by atoms with Crippen molar-refractivity contribution in [3.63, 3.8) is 0 Å². The third-order valence-electron chi connectivity index (χ3n) is 6.96. The summed E-state index contributed by atoms with van der Waals surface area (Å²) in [7, 11) is -7.81. The largest absolute Gasteiger partial charge is 0.477 e. The molecular formula is C30H26N4O10S2. The maximum atomic E-state index is 12.5. The number of carboxylic acid groups (broad SMARTS) is 2. The van der Waals surface area contributed by atoms with E-state index in [1.807, 2.05) is 0 Å². The number of aromatic carboxylic acids is 2. The average molecular weight is 667 g/mol. The number of carboxylic acids is 2. The second kappa shape index (κ2) is 12.9. The maximum Gasteiger partial charge on any atom is 0.354 e. The Balaban J connectivity index is 1.71. The highest BCUT2D eigenvalue weighted by molar-refractivity contribution is 7.89. The van der Waals surface area contributed by atoms with Crippen LogP contribution in [0.2, 0.25) is 0 Å². The van der Waals surface area contributed by atoms with E-state index in [4.69, 9.17) is 10.2 Å². The Hall–Kier alpha value is -4.84. The summed E-state index contributed by atoms with van der Waals surface area (Å²) in [6, 6.07) is 17.2. The number of nitrogens with zero attached hydrogens (tertiary/aromatic N) is 2. The Morgan fingerprint density at radius 2 is 0.935 bits per heavy atom. The van der Waals surface area contributed by atoms with E-state index in [0.29, 0.717) is 33.0 Å². The molecule has 0 bridgehead atoms. The van der Waals surface area contributed by atoms with Crippen molar-refractivity contribution in [1.29, 1.82) is 0 Å². The van der Waals surface area contributed by atoms with Crippen LogP contribution in [-0.2, 0) is 20.0 Å². The minimum absolute atomic E-state index is 0.0745. The van der Waals surface area contributed by atoms with Crippen LogP contribution in [0, 0.1) is 0 Å². The van der Waals surface area contributed by atoms with Gasteiger partial charge in [-0.25, -0.2) is 45.8 Å². The molecule has 5 rings (SSSR count). The summed E-state index contributed by atoms with van der Waals surface area (Å²) in [6.07, 6.45) is 0. The highest BCUT2D eigenvalue weighted by Gasteiger charge is 2.21. The van der Waals surface area contributed by atoms with Crippen LogP contribution in [-0.4, -0.2) is 85.5 Å². The molecule has 0 atom stereocenters. The summed E-state index contributed by atoms with van der Waals surface area (Å²) >= 11 is 0. The minimum atomic E-state index is -3.90. The molecule has 0 saturated carbocycles. The Morgan fingerprint density at radius 1 is 0.587 bits per heavy atom. The van der Waals surface area contributed by atoms with Gasteiger partial charge in [0.25, 0.3) is 0 Å². The van der Waals surface area contributed by atoms with Gasteiger partial charge >= 0.3 is 11.9 Å². The highest BCUT2D eigenvalue weighted by Crippen LogP contribution is 2.37. The molecule has 16 heteroatoms. The maximum absolute atomic E-state index is 12.5. The molecule has 0 fully saturated rings. The van der Waals surface area contributed by atoms with Gasteiger partial charge in [0.15, 0.2) is 0 Å². The lowest BCUT2D eigenvalue weighted by molar-refractivity contribution is 0.0680. The first-order chi connectivity index (χ1) is 21.9. The van der Waals surface area contributed by atoms with Crippen molar-refractivity contribution in [2.24, 2.45) is 0 Å². The third-order valence-corrected chi connectivity index (χ3v) is 9.91. The van der Waals surface area contributed by atoms with Gasteiger partial charge in [-0.3, -0.25) is 0 Å². The lowest BCUT2D eigenvalue weighted by Gasteiger charge is -2.14. The standard InChI is InChI=1S/C30H26N4O10S2/c35-13-11-31-45(41,42)19-5-1-17(2-6-19)23-15-25(29(37)38)33-27-21(23)9-10-22-24(16-26(30(39)40)34-28(22)27)18-3-7-20(8-4-18)46(43,44)32-12-14-36/h1-10,15-16,31-32,35-36H,11-14H2,(H,37,38)(H,39,40). The summed E-state index contributed by atoms with van der Waals surface area (Å²) < 4.78 is 54.4. The monoisotopic (exact) mass is 666 g/mol. The number of sulfonamides is 2. The van der Waals surface area contributed by atoms with E-state index in [9.17, 15) is 36.6 Å². The van der Waals surface area contributed by atoms with Crippen LogP contribution in [0.4, 0.5) is 0 Å². The lowest BCUT2D eigenvalue weighted by Crippen LogP contribution is -2.26. The van der Waals surface area contributed by atoms with Crippen molar-refractivity contribution in [3.05, 3.63) is 84.2 Å². The second-order valence-corrected chi connectivity index (χ2v) is 13.4. The van der Waals surface area contributed by atoms with E-state index in [0.717, 1.165) is 0 Å². The first-order valence-electron chi connectivity index (χ1n) is 13.5. The number of benzene rings is 3. The number of hydrogen-bond acceptors (Lipinski definition) is 10. The van der Waals surface area contributed by atoms with Crippen molar-refractivity contribution in [2.75, 3.05) is 26.3 Å². The number of carbonyl (C=O) groups is 2. The molecule has 0 aliphatic carbocycles. The van der Waals surface area contributed by atoms with E-state index in [-0.39, 0.29) is 58.5 Å². The lowest BCUT2D eigenvalue weighted by atomic mass is 9.95. The van der Waals surface area contributed by atoms with Crippen LogP contribution >= 0.6 is 0 Å². The van der Waals surface area contributed by atoms with Crippen LogP contribution in [0.25, 0.3) is 44.1 Å². The fourth-order valence-electron chi connectivity index (χ4n) is 4.83. The topological polar surface area (TPSA) is 233 Å². The fourth-order valence-corrected chi connectivity index (χ4v) is 6.87. The zero-order chi connectivity index (χ0) is 33.2. The Kier molecular flexibility index (Phi) is 9.11. The molecule has 0 spiro atoms. The average Bonchev–Trinajstić information content (AvgIpc) is 3.05. The minimum Gasteiger partial charge on any atom is -0.477 e. The first kappa shape index (κ1) is 32.6. The molecule has 2 heterocycles. The smallest absolute Gasteiger partial charge is 0.354 e. The van der Waals surface area contributed by atoms with Crippen molar-refractivity contribution < 1.29 is 46.9 Å². The van der Waals surface area contributed by atoms with Gasteiger partial charge in [0.2, 0.25) is 20.0 Å². The number of aliphatic hydroxyl groups excluding tert-OH is 2. The summed E-state index contributed by atoms with van der Waals surface area (Å²) in [4.78, 5) is 32.7. The molecule has 5 aromatic rings. The van der Waals surface area contributed by atoms with Crippen LogP contribution < -0.4 is 9.44 Å². The molecule has 14 nitrogen and oxygen atoms in total. The number of hydrogen-bond donors (Lipinski definition) is 6. The number of pyridine rings is 2. The Bertz CT molecular complexity index is 2050. The number of aromatic nitrogens is 2. The number of fused-ring (bicyclic) bond motifs is 3. The first-order valence-corrected chi connectivity index (χ1v) is 16.5. The predicted molar refractivity (Wildman–Crippen MR) is 166 cm³/mol. The SMILES string of the molecule is O=C(O)c1cc(-c2ccc(S(=O)(=O)NCCO)cc2)c2ccc3c(-c4ccc(S(=O)(=O)NCCO)cc4)cc(C(=O)O)nc3c2n1. The molecule has 0 amide bonds. The zero-order valence-electron chi connectivity index (χ0n) is 23.7. The summed E-state index contributed by atoms with van der Waals surface area (Å²) in [6.45, 7) is -1.12. The van der Waals surface area contributed by atoms with Gasteiger partial charge in [0.05, 0.1) is 34.0 Å². The number of aliphatic hydroxyl groups is 2. The van der Waals surface area contributed by atoms with Crippen molar-refractivity contribution in [1.82, 2.24) is 19.4 Å². The summed E-state index contributed by atoms with van der Waals surface area (Å²) in [5.41, 5.74) is 1.02. The normalized spacial score (nSPS) is 12.0. The van der Waals surface area contributed by atoms with Gasteiger partial charge in [-0.1, -0.05) is 36.4 Å². The molecule has 46 heavy (non-hydrogen) atoms. The third kappa shape index (κ3) is 6.43. The zero-order valence-corrected chi connectivity index (χ0v) is 25.3. The molecule has 0 aliphatic heterocycles.